The molecule has 0 unspecified atom stereocenters. The van der Waals surface area contributed by atoms with Gasteiger partial charge in [0.25, 0.3) is 11.8 Å². The number of carbonyl (C=O) groups is 2. The van der Waals surface area contributed by atoms with Gasteiger partial charge in [-0.3, -0.25) is 9.59 Å². The van der Waals surface area contributed by atoms with Gasteiger partial charge in [-0.1, -0.05) is 12.1 Å². The molecule has 0 atom stereocenters. The molecule has 0 radical (unpaired) electrons. The molecule has 1 aliphatic heterocycles. The molecule has 2 N–H and O–H groups in total. The van der Waals surface area contributed by atoms with Crippen molar-refractivity contribution in [2.75, 3.05) is 0 Å². The number of amides is 2. The molecule has 1 aromatic carbocycles. The number of carbonyl (C=O) groups excluding carboxylic acids is 2. The Morgan fingerprint density at radius 2 is 1.88 bits per heavy atom. The van der Waals surface area contributed by atoms with Crippen LogP contribution in [0.3, 0.4) is 0 Å². The highest BCUT2D eigenvalue weighted by Gasteiger charge is 2.32. The predicted octanol–water partition coefficient (Wildman–Crippen LogP) is 1.87. The average Bonchev–Trinajstić information content (AvgIpc) is 3.28. The molecule has 1 aromatic heterocycles. The van der Waals surface area contributed by atoms with E-state index in [1.165, 1.54) is 12.3 Å². The molecule has 2 aromatic rings. The van der Waals surface area contributed by atoms with Gasteiger partial charge in [0.1, 0.15) is 12.3 Å². The second kappa shape index (κ2) is 6.65. The van der Waals surface area contributed by atoms with Crippen molar-refractivity contribution in [2.45, 2.75) is 38.1 Å². The van der Waals surface area contributed by atoms with Gasteiger partial charge < -0.3 is 19.8 Å². The zero-order valence-corrected chi connectivity index (χ0v) is 14.0. The first-order valence-corrected chi connectivity index (χ1v) is 8.43. The van der Waals surface area contributed by atoms with Crippen molar-refractivity contribution in [1.82, 2.24) is 10.6 Å². The van der Waals surface area contributed by atoms with Gasteiger partial charge in [0, 0.05) is 23.7 Å². The van der Waals surface area contributed by atoms with Crippen molar-refractivity contribution in [3.8, 4) is 6.07 Å². The van der Waals surface area contributed by atoms with E-state index in [0.29, 0.717) is 37.2 Å². The average molecular weight is 351 g/mol. The third kappa shape index (κ3) is 3.07. The zero-order chi connectivity index (χ0) is 18.1. The molecule has 2 aliphatic rings. The number of furan rings is 1. The van der Waals surface area contributed by atoms with Crippen LogP contribution >= 0.6 is 0 Å². The second-order valence-corrected chi connectivity index (χ2v) is 6.56. The molecule has 1 fully saturated rings. The lowest BCUT2D eigenvalue weighted by molar-refractivity contribution is 0.0859. The predicted molar refractivity (Wildman–Crippen MR) is 90.1 cm³/mol. The largest absolute Gasteiger partial charge is 0.453 e. The monoisotopic (exact) mass is 351 g/mol. The summed E-state index contributed by atoms with van der Waals surface area (Å²) >= 11 is 0. The van der Waals surface area contributed by atoms with Gasteiger partial charge in [-0.05, 0) is 30.0 Å². The van der Waals surface area contributed by atoms with E-state index in [0.717, 1.165) is 11.1 Å². The molecular weight excluding hydrogens is 334 g/mol. The fourth-order valence-electron chi connectivity index (χ4n) is 3.32. The summed E-state index contributed by atoms with van der Waals surface area (Å²) in [6.45, 7) is 1.02. The van der Waals surface area contributed by atoms with E-state index in [4.69, 9.17) is 14.4 Å². The van der Waals surface area contributed by atoms with E-state index in [1.54, 1.807) is 0 Å². The Morgan fingerprint density at radius 1 is 1.12 bits per heavy atom. The van der Waals surface area contributed by atoms with E-state index in [1.807, 2.05) is 24.3 Å². The van der Waals surface area contributed by atoms with Gasteiger partial charge in [-0.2, -0.15) is 5.26 Å². The number of nitrogens with one attached hydrogen (secondary N) is 2. The van der Waals surface area contributed by atoms with Gasteiger partial charge in [0.15, 0.2) is 0 Å². The van der Waals surface area contributed by atoms with Gasteiger partial charge >= 0.3 is 0 Å². The molecule has 1 saturated carbocycles. The molecule has 0 bridgehead atoms. The van der Waals surface area contributed by atoms with Crippen LogP contribution in [0.2, 0.25) is 0 Å². The number of ether oxygens (including phenoxy) is 1. The van der Waals surface area contributed by atoms with E-state index < -0.39 is 0 Å². The lowest BCUT2D eigenvalue weighted by Gasteiger charge is -2.36. The number of hydrogen-bond acceptors (Lipinski definition) is 5. The Bertz CT molecular complexity index is 906. The van der Waals surface area contributed by atoms with E-state index in [9.17, 15) is 9.59 Å². The summed E-state index contributed by atoms with van der Waals surface area (Å²) < 4.78 is 10.3. The Balaban J connectivity index is 1.29. The maximum Gasteiger partial charge on any atom is 0.254 e. The summed E-state index contributed by atoms with van der Waals surface area (Å²) in [6, 6.07) is 8.93. The Morgan fingerprint density at radius 3 is 2.62 bits per heavy atom. The second-order valence-electron chi connectivity index (χ2n) is 6.56. The van der Waals surface area contributed by atoms with Crippen LogP contribution in [0.15, 0.2) is 34.9 Å². The highest BCUT2D eigenvalue weighted by Crippen LogP contribution is 2.25. The maximum atomic E-state index is 12.5. The molecule has 132 valence electrons. The van der Waals surface area contributed by atoms with Crippen LogP contribution < -0.4 is 10.6 Å². The van der Waals surface area contributed by atoms with Gasteiger partial charge in [-0.15, -0.1) is 0 Å². The van der Waals surface area contributed by atoms with Crippen LogP contribution in [0, 0.1) is 11.3 Å². The minimum Gasteiger partial charge on any atom is -0.453 e. The first-order valence-electron chi connectivity index (χ1n) is 8.43. The molecule has 0 spiro atoms. The van der Waals surface area contributed by atoms with Crippen LogP contribution in [0.25, 0.3) is 0 Å². The normalized spacial score (nSPS) is 20.6. The van der Waals surface area contributed by atoms with Crippen molar-refractivity contribution < 1.29 is 18.7 Å². The van der Waals surface area contributed by atoms with Crippen molar-refractivity contribution in [3.63, 3.8) is 0 Å². The van der Waals surface area contributed by atoms with Crippen LogP contribution in [0.5, 0.6) is 0 Å². The number of rotatable bonds is 4. The number of hydrogen-bond donors (Lipinski definition) is 2. The van der Waals surface area contributed by atoms with E-state index >= 15 is 0 Å². The molecule has 7 heteroatoms. The van der Waals surface area contributed by atoms with Crippen molar-refractivity contribution in [2.24, 2.45) is 0 Å². The number of benzene rings is 1. The summed E-state index contributed by atoms with van der Waals surface area (Å²) in [5.74, 6) is -0.271. The highest BCUT2D eigenvalue weighted by atomic mass is 16.5. The van der Waals surface area contributed by atoms with E-state index in [2.05, 4.69) is 10.6 Å². The molecule has 0 saturated heterocycles. The maximum absolute atomic E-state index is 12.5. The summed E-state index contributed by atoms with van der Waals surface area (Å²) in [6.07, 6.45) is 2.61. The van der Waals surface area contributed by atoms with Crippen LogP contribution in [-0.4, -0.2) is 23.9 Å². The van der Waals surface area contributed by atoms with Gasteiger partial charge in [0.2, 0.25) is 5.76 Å². The molecule has 26 heavy (non-hydrogen) atoms. The number of fused-ring (bicyclic) bond motifs is 1. The molecule has 7 nitrogen and oxygen atoms in total. The minimum absolute atomic E-state index is 0.00180. The summed E-state index contributed by atoms with van der Waals surface area (Å²) in [4.78, 5) is 24.6. The number of nitriles is 1. The third-order valence-electron chi connectivity index (χ3n) is 4.80. The summed E-state index contributed by atoms with van der Waals surface area (Å²) in [5.41, 5.74) is 3.01. The molecule has 1 aliphatic carbocycles. The first-order chi connectivity index (χ1) is 12.6. The third-order valence-corrected chi connectivity index (χ3v) is 4.80. The van der Waals surface area contributed by atoms with Crippen molar-refractivity contribution in [3.05, 3.63) is 58.5 Å². The van der Waals surface area contributed by atoms with Gasteiger partial charge in [0.05, 0.1) is 18.8 Å². The molecule has 2 amide bonds. The van der Waals surface area contributed by atoms with Crippen LogP contribution in [0.4, 0.5) is 0 Å². The topological polar surface area (TPSA) is 104 Å². The summed E-state index contributed by atoms with van der Waals surface area (Å²) in [7, 11) is 0. The standard InChI is InChI=1S/C19H17N3O4/c20-7-15-4-12(9-26-15)18(23)21-13-5-14(6-13)22-19(24)16-3-1-2-11-8-25-10-17(11)16/h1-4,9,13-14H,5-6,8,10H2,(H,21,23)(H,22,24). The quantitative estimate of drug-likeness (QED) is 0.875. The zero-order valence-electron chi connectivity index (χ0n) is 14.0. The highest BCUT2D eigenvalue weighted by molar-refractivity contribution is 5.96. The first kappa shape index (κ1) is 16.4. The number of nitrogens with zero attached hydrogens (tertiary/aromatic N) is 1. The van der Waals surface area contributed by atoms with Crippen molar-refractivity contribution >= 4 is 11.8 Å². The van der Waals surface area contributed by atoms with Gasteiger partial charge in [-0.25, -0.2) is 0 Å². The Labute approximate surface area is 149 Å². The Kier molecular flexibility index (Phi) is 4.19. The van der Waals surface area contributed by atoms with Crippen LogP contribution in [0.1, 0.15) is 50.4 Å². The molecule has 2 heterocycles. The SMILES string of the molecule is N#Cc1cc(C(=O)NC2CC(NC(=O)c3cccc4c3COC4)C2)co1. The Hall–Kier alpha value is -3.11. The fourth-order valence-corrected chi connectivity index (χ4v) is 3.32. The van der Waals surface area contributed by atoms with Crippen LogP contribution in [-0.2, 0) is 18.0 Å². The minimum atomic E-state index is -0.275. The molecule has 4 rings (SSSR count). The molecular formula is C19H17N3O4. The van der Waals surface area contributed by atoms with E-state index in [-0.39, 0.29) is 29.7 Å². The lowest BCUT2D eigenvalue weighted by atomic mass is 9.86. The smallest absolute Gasteiger partial charge is 0.254 e. The lowest BCUT2D eigenvalue weighted by Crippen LogP contribution is -2.53. The van der Waals surface area contributed by atoms with Crippen molar-refractivity contribution in [1.29, 1.82) is 5.26 Å². The summed E-state index contributed by atoms with van der Waals surface area (Å²) in [5, 5.41) is 14.6. The fraction of sp³-hybridized carbons (Fsp3) is 0.316.